The molecule has 3 aromatic rings. The quantitative estimate of drug-likeness (QED) is 0.789. The van der Waals surface area contributed by atoms with Crippen molar-refractivity contribution in [2.75, 3.05) is 11.4 Å². The third kappa shape index (κ3) is 2.01. The van der Waals surface area contributed by atoms with E-state index >= 15 is 0 Å². The lowest BCUT2D eigenvalue weighted by molar-refractivity contribution is -0.138. The van der Waals surface area contributed by atoms with Crippen molar-refractivity contribution < 1.29 is 19.1 Å². The summed E-state index contributed by atoms with van der Waals surface area (Å²) < 4.78 is 5.43. The molecule has 1 aliphatic heterocycles. The van der Waals surface area contributed by atoms with Gasteiger partial charge < -0.3 is 14.4 Å². The summed E-state index contributed by atoms with van der Waals surface area (Å²) >= 11 is 0. The van der Waals surface area contributed by atoms with E-state index in [-0.39, 0.29) is 12.5 Å². The van der Waals surface area contributed by atoms with E-state index in [1.54, 1.807) is 30.3 Å². The van der Waals surface area contributed by atoms with E-state index < -0.39 is 11.9 Å². The number of hydrogen-bond acceptors (Lipinski definition) is 3. The number of nitrogens with zero attached hydrogens (tertiary/aromatic N) is 1. The first-order chi connectivity index (χ1) is 11.2. The molecule has 0 aliphatic carbocycles. The molecule has 2 aromatic carbocycles. The van der Waals surface area contributed by atoms with Crippen LogP contribution in [0.4, 0.5) is 5.69 Å². The van der Waals surface area contributed by atoms with Gasteiger partial charge in [0, 0.05) is 17.6 Å². The van der Waals surface area contributed by atoms with Crippen LogP contribution in [-0.2, 0) is 4.79 Å². The van der Waals surface area contributed by atoms with E-state index in [9.17, 15) is 14.7 Å². The summed E-state index contributed by atoms with van der Waals surface area (Å²) in [6, 6.07) is 14.4. The smallest absolute Gasteiger partial charge is 0.312 e. The number of rotatable bonds is 2. The van der Waals surface area contributed by atoms with E-state index in [0.717, 1.165) is 5.39 Å². The summed E-state index contributed by atoms with van der Waals surface area (Å²) in [7, 11) is 0. The second-order valence-electron chi connectivity index (χ2n) is 5.51. The van der Waals surface area contributed by atoms with E-state index in [1.807, 2.05) is 18.2 Å². The second-order valence-corrected chi connectivity index (χ2v) is 5.51. The number of aliphatic carboxylic acids is 1. The van der Waals surface area contributed by atoms with Gasteiger partial charge in [-0.05, 0) is 17.7 Å². The monoisotopic (exact) mass is 307 g/mol. The molecule has 0 bridgehead atoms. The molecule has 1 N–H and O–H groups in total. The minimum absolute atomic E-state index is 0.132. The zero-order valence-electron chi connectivity index (χ0n) is 12.1. The minimum Gasteiger partial charge on any atom is -0.481 e. The van der Waals surface area contributed by atoms with Crippen LogP contribution in [0.15, 0.2) is 59.2 Å². The summed E-state index contributed by atoms with van der Waals surface area (Å²) in [5.41, 5.74) is 2.40. The van der Waals surface area contributed by atoms with Crippen LogP contribution in [-0.4, -0.2) is 23.5 Å². The summed E-state index contributed by atoms with van der Waals surface area (Å²) in [4.78, 5) is 25.9. The Kier molecular flexibility index (Phi) is 2.94. The van der Waals surface area contributed by atoms with Gasteiger partial charge >= 0.3 is 5.97 Å². The summed E-state index contributed by atoms with van der Waals surface area (Å²) in [5, 5.41) is 10.1. The number of carboxylic acid groups (broad SMARTS) is 1. The molecule has 4 rings (SSSR count). The molecule has 1 amide bonds. The van der Waals surface area contributed by atoms with Crippen LogP contribution >= 0.6 is 0 Å². The summed E-state index contributed by atoms with van der Waals surface area (Å²) in [5.74, 6) is -1.87. The number of carbonyl (C=O) groups excluding carboxylic acids is 1. The molecule has 23 heavy (non-hydrogen) atoms. The van der Waals surface area contributed by atoms with Crippen molar-refractivity contribution in [3.63, 3.8) is 0 Å². The second kappa shape index (κ2) is 4.98. The molecule has 0 fully saturated rings. The van der Waals surface area contributed by atoms with Gasteiger partial charge in [0.15, 0.2) is 0 Å². The Labute approximate surface area is 131 Å². The molecule has 5 nitrogen and oxygen atoms in total. The van der Waals surface area contributed by atoms with Gasteiger partial charge in [0.25, 0.3) is 5.91 Å². The number of carboxylic acids is 1. The van der Waals surface area contributed by atoms with Gasteiger partial charge in [-0.15, -0.1) is 0 Å². The Hall–Kier alpha value is -3.08. The first-order valence-electron chi connectivity index (χ1n) is 7.26. The summed E-state index contributed by atoms with van der Waals surface area (Å²) in [6.07, 6.45) is 1.43. The molecule has 0 saturated carbocycles. The van der Waals surface area contributed by atoms with Crippen LogP contribution in [0.3, 0.4) is 0 Å². The van der Waals surface area contributed by atoms with Gasteiger partial charge in [0.1, 0.15) is 17.8 Å². The highest BCUT2D eigenvalue weighted by atomic mass is 16.4. The Morgan fingerprint density at radius 2 is 1.83 bits per heavy atom. The van der Waals surface area contributed by atoms with Crippen LogP contribution in [0.1, 0.15) is 21.8 Å². The lowest BCUT2D eigenvalue weighted by atomic mass is 10.0. The van der Waals surface area contributed by atoms with Gasteiger partial charge in [-0.1, -0.05) is 36.4 Å². The van der Waals surface area contributed by atoms with Gasteiger partial charge in [-0.2, -0.15) is 0 Å². The molecule has 0 radical (unpaired) electrons. The van der Waals surface area contributed by atoms with Crippen LogP contribution in [0, 0.1) is 0 Å². The van der Waals surface area contributed by atoms with E-state index in [4.69, 9.17) is 4.42 Å². The predicted octanol–water partition coefficient (Wildman–Crippen LogP) is 3.26. The maximum absolute atomic E-state index is 12.9. The first kappa shape index (κ1) is 13.6. The third-order valence-corrected chi connectivity index (χ3v) is 4.22. The lowest BCUT2D eigenvalue weighted by Gasteiger charge is -2.16. The van der Waals surface area contributed by atoms with Crippen molar-refractivity contribution >= 4 is 28.5 Å². The minimum atomic E-state index is -0.926. The molecule has 114 valence electrons. The maximum atomic E-state index is 12.9. The maximum Gasteiger partial charge on any atom is 0.312 e. The Balaban J connectivity index is 1.79. The number of benzene rings is 2. The number of fused-ring (bicyclic) bond motifs is 2. The Morgan fingerprint density at radius 3 is 2.65 bits per heavy atom. The molecule has 0 spiro atoms. The number of anilines is 1. The number of amides is 1. The van der Waals surface area contributed by atoms with Gasteiger partial charge in [-0.3, -0.25) is 9.59 Å². The van der Waals surface area contributed by atoms with Crippen molar-refractivity contribution in [2.45, 2.75) is 5.92 Å². The summed E-state index contributed by atoms with van der Waals surface area (Å²) in [6.45, 7) is 0.132. The normalized spacial score (nSPS) is 16.5. The van der Waals surface area contributed by atoms with Gasteiger partial charge in [0.05, 0.1) is 5.56 Å². The number of carbonyl (C=O) groups is 2. The van der Waals surface area contributed by atoms with Crippen molar-refractivity contribution in [1.82, 2.24) is 0 Å². The molecule has 0 saturated heterocycles. The van der Waals surface area contributed by atoms with Crippen LogP contribution < -0.4 is 4.90 Å². The Bertz CT molecular complexity index is 927. The molecule has 1 aliphatic rings. The number of furan rings is 1. The fraction of sp³-hybridized carbons (Fsp3) is 0.111. The lowest BCUT2D eigenvalue weighted by Crippen LogP contribution is -2.31. The highest BCUT2D eigenvalue weighted by Gasteiger charge is 2.37. The van der Waals surface area contributed by atoms with Crippen LogP contribution in [0.25, 0.3) is 11.0 Å². The van der Waals surface area contributed by atoms with E-state index in [2.05, 4.69) is 0 Å². The SMILES string of the molecule is O=C(O)C1CN(C(=O)c2coc3ccccc23)c2ccccc21. The molecular formula is C18H13NO4. The van der Waals surface area contributed by atoms with Crippen molar-refractivity contribution in [2.24, 2.45) is 0 Å². The molecule has 1 atom stereocenters. The van der Waals surface area contributed by atoms with Crippen molar-refractivity contribution in [3.8, 4) is 0 Å². The van der Waals surface area contributed by atoms with Gasteiger partial charge in [0.2, 0.25) is 0 Å². The largest absolute Gasteiger partial charge is 0.481 e. The van der Waals surface area contributed by atoms with Crippen LogP contribution in [0.2, 0.25) is 0 Å². The average molecular weight is 307 g/mol. The fourth-order valence-corrected chi connectivity index (χ4v) is 3.10. The van der Waals surface area contributed by atoms with Crippen molar-refractivity contribution in [1.29, 1.82) is 0 Å². The van der Waals surface area contributed by atoms with E-state index in [1.165, 1.54) is 11.2 Å². The molecule has 2 heterocycles. The molecule has 5 heteroatoms. The molecule has 1 unspecified atom stereocenters. The number of para-hydroxylation sites is 2. The van der Waals surface area contributed by atoms with Gasteiger partial charge in [-0.25, -0.2) is 0 Å². The topological polar surface area (TPSA) is 70.8 Å². The highest BCUT2D eigenvalue weighted by molar-refractivity contribution is 6.15. The third-order valence-electron chi connectivity index (χ3n) is 4.22. The van der Waals surface area contributed by atoms with Crippen molar-refractivity contribution in [3.05, 3.63) is 65.9 Å². The Morgan fingerprint density at radius 1 is 1.09 bits per heavy atom. The number of hydrogen-bond donors (Lipinski definition) is 1. The zero-order chi connectivity index (χ0) is 16.0. The molecule has 1 aromatic heterocycles. The first-order valence-corrected chi connectivity index (χ1v) is 7.26. The van der Waals surface area contributed by atoms with Crippen LogP contribution in [0.5, 0.6) is 0 Å². The molecular weight excluding hydrogens is 294 g/mol. The fourth-order valence-electron chi connectivity index (χ4n) is 3.10. The predicted molar refractivity (Wildman–Crippen MR) is 84.7 cm³/mol. The zero-order valence-corrected chi connectivity index (χ0v) is 12.1. The van der Waals surface area contributed by atoms with E-state index in [0.29, 0.717) is 22.4 Å². The standard InChI is InChI=1S/C18H13NO4/c20-17(14-10-23-16-8-4-2-6-12(14)16)19-9-13(18(21)22)11-5-1-3-7-15(11)19/h1-8,10,13H,9H2,(H,21,22). The highest BCUT2D eigenvalue weighted by Crippen LogP contribution is 2.37. The average Bonchev–Trinajstić information content (AvgIpc) is 3.16.